The van der Waals surface area contributed by atoms with Crippen molar-refractivity contribution in [2.45, 2.75) is 25.8 Å². The Morgan fingerprint density at radius 3 is 2.82 bits per heavy atom. The third-order valence-electron chi connectivity index (χ3n) is 3.59. The summed E-state index contributed by atoms with van der Waals surface area (Å²) in [6.45, 7) is 1.58. The number of aliphatic hydroxyl groups is 1. The smallest absolute Gasteiger partial charge is 0.223 e. The number of aryl methyl sites for hydroxylation is 1. The van der Waals surface area contributed by atoms with Crippen LogP contribution in [-0.2, 0) is 11.2 Å². The summed E-state index contributed by atoms with van der Waals surface area (Å²) in [6, 6.07) is 9.25. The molecule has 1 amide bonds. The molecule has 2 aromatic rings. The number of aliphatic hydroxyl groups excluding tert-OH is 1. The number of carbonyl (C=O) groups excluding carboxylic acids is 1. The van der Waals surface area contributed by atoms with E-state index in [0.717, 1.165) is 5.56 Å². The lowest BCUT2D eigenvalue weighted by atomic mass is 10.00. The van der Waals surface area contributed by atoms with Gasteiger partial charge in [-0.2, -0.15) is 0 Å². The number of carbonyl (C=O) groups is 1. The van der Waals surface area contributed by atoms with E-state index in [1.165, 1.54) is 18.4 Å². The van der Waals surface area contributed by atoms with E-state index in [-0.39, 0.29) is 24.2 Å². The van der Waals surface area contributed by atoms with Crippen molar-refractivity contribution in [2.24, 2.45) is 5.92 Å². The molecule has 0 saturated carbocycles. The molecule has 0 aliphatic carbocycles. The van der Waals surface area contributed by atoms with Crippen molar-refractivity contribution >= 4 is 5.91 Å². The second-order valence-corrected chi connectivity index (χ2v) is 5.33. The third kappa shape index (κ3) is 4.43. The van der Waals surface area contributed by atoms with Crippen LogP contribution in [0.5, 0.6) is 0 Å². The first kappa shape index (κ1) is 16.2. The van der Waals surface area contributed by atoms with Gasteiger partial charge in [0.25, 0.3) is 0 Å². The molecule has 0 aliphatic rings. The van der Waals surface area contributed by atoms with E-state index in [9.17, 15) is 14.3 Å². The predicted molar refractivity (Wildman–Crippen MR) is 80.6 cm³/mol. The summed E-state index contributed by atoms with van der Waals surface area (Å²) >= 11 is 0. The summed E-state index contributed by atoms with van der Waals surface area (Å²) in [7, 11) is 0. The quantitative estimate of drug-likeness (QED) is 0.827. The van der Waals surface area contributed by atoms with Crippen molar-refractivity contribution < 1.29 is 18.7 Å². The third-order valence-corrected chi connectivity index (χ3v) is 3.59. The highest BCUT2D eigenvalue weighted by Crippen LogP contribution is 2.16. The van der Waals surface area contributed by atoms with Crippen LogP contribution < -0.4 is 5.32 Å². The van der Waals surface area contributed by atoms with Crippen LogP contribution in [0.25, 0.3) is 0 Å². The van der Waals surface area contributed by atoms with Crippen LogP contribution in [-0.4, -0.2) is 17.6 Å². The molecule has 2 N–H and O–H groups in total. The maximum Gasteiger partial charge on any atom is 0.223 e. The van der Waals surface area contributed by atoms with Gasteiger partial charge in [-0.3, -0.25) is 4.79 Å². The maximum absolute atomic E-state index is 13.1. The number of halogens is 1. The van der Waals surface area contributed by atoms with Gasteiger partial charge in [-0.1, -0.05) is 19.1 Å². The van der Waals surface area contributed by atoms with Gasteiger partial charge >= 0.3 is 0 Å². The zero-order valence-electron chi connectivity index (χ0n) is 12.5. The lowest BCUT2D eigenvalue weighted by Crippen LogP contribution is -2.34. The Bertz CT molecular complexity index is 598. The first-order valence-electron chi connectivity index (χ1n) is 7.29. The topological polar surface area (TPSA) is 62.5 Å². The summed E-state index contributed by atoms with van der Waals surface area (Å²) < 4.78 is 18.3. The minimum absolute atomic E-state index is 0.160. The monoisotopic (exact) mass is 305 g/mol. The zero-order chi connectivity index (χ0) is 15.9. The maximum atomic E-state index is 13.1. The predicted octanol–water partition coefficient (Wildman–Crippen LogP) is 2.84. The SMILES string of the molecule is CC(CCc1cccc(F)c1)C(=O)NC(CO)c1ccco1. The molecule has 0 spiro atoms. The normalized spacial score (nSPS) is 13.6. The Labute approximate surface area is 129 Å². The van der Waals surface area contributed by atoms with Gasteiger partial charge in [0.05, 0.1) is 12.9 Å². The molecule has 22 heavy (non-hydrogen) atoms. The highest BCUT2D eigenvalue weighted by molar-refractivity contribution is 5.78. The fraction of sp³-hybridized carbons (Fsp3) is 0.353. The molecular formula is C17H20FNO3. The number of hydrogen-bond acceptors (Lipinski definition) is 3. The van der Waals surface area contributed by atoms with Crippen molar-refractivity contribution in [1.82, 2.24) is 5.32 Å². The van der Waals surface area contributed by atoms with Crippen LogP contribution in [0.2, 0.25) is 0 Å². The Morgan fingerprint density at radius 2 is 2.18 bits per heavy atom. The first-order valence-corrected chi connectivity index (χ1v) is 7.29. The lowest BCUT2D eigenvalue weighted by molar-refractivity contribution is -0.125. The summed E-state index contributed by atoms with van der Waals surface area (Å²) in [5.41, 5.74) is 0.865. The molecule has 1 heterocycles. The Kier molecular flexibility index (Phi) is 5.72. The van der Waals surface area contributed by atoms with Gasteiger partial charge in [0.1, 0.15) is 17.6 Å². The van der Waals surface area contributed by atoms with E-state index in [0.29, 0.717) is 18.6 Å². The van der Waals surface area contributed by atoms with Gasteiger partial charge in [0.2, 0.25) is 5.91 Å². The minimum Gasteiger partial charge on any atom is -0.467 e. The number of rotatable bonds is 7. The van der Waals surface area contributed by atoms with Crippen molar-refractivity contribution in [1.29, 1.82) is 0 Å². The highest BCUT2D eigenvalue weighted by Gasteiger charge is 2.20. The number of hydrogen-bond donors (Lipinski definition) is 2. The van der Waals surface area contributed by atoms with Crippen LogP contribution in [0.3, 0.4) is 0 Å². The summed E-state index contributed by atoms with van der Waals surface area (Å²) in [6.07, 6.45) is 2.72. The van der Waals surface area contributed by atoms with Crippen LogP contribution >= 0.6 is 0 Å². The highest BCUT2D eigenvalue weighted by atomic mass is 19.1. The second kappa shape index (κ2) is 7.75. The molecule has 2 unspecified atom stereocenters. The van der Waals surface area contributed by atoms with Gasteiger partial charge in [0, 0.05) is 5.92 Å². The van der Waals surface area contributed by atoms with Gasteiger partial charge in [-0.15, -0.1) is 0 Å². The largest absolute Gasteiger partial charge is 0.467 e. The molecule has 4 nitrogen and oxygen atoms in total. The molecular weight excluding hydrogens is 285 g/mol. The molecule has 0 saturated heterocycles. The van der Waals surface area contributed by atoms with E-state index in [2.05, 4.69) is 5.32 Å². The van der Waals surface area contributed by atoms with Crippen molar-refractivity contribution in [2.75, 3.05) is 6.61 Å². The molecule has 1 aromatic heterocycles. The fourth-order valence-corrected chi connectivity index (χ4v) is 2.22. The van der Waals surface area contributed by atoms with Crippen LogP contribution in [0.15, 0.2) is 47.1 Å². The molecule has 0 fully saturated rings. The van der Waals surface area contributed by atoms with Gasteiger partial charge < -0.3 is 14.8 Å². The molecule has 0 bridgehead atoms. The van der Waals surface area contributed by atoms with Crippen LogP contribution in [0, 0.1) is 11.7 Å². The van der Waals surface area contributed by atoms with Crippen molar-refractivity contribution in [3.05, 3.63) is 59.8 Å². The Balaban J connectivity index is 1.86. The van der Waals surface area contributed by atoms with Gasteiger partial charge in [0.15, 0.2) is 0 Å². The summed E-state index contributed by atoms with van der Waals surface area (Å²) in [4.78, 5) is 12.2. The number of benzene rings is 1. The second-order valence-electron chi connectivity index (χ2n) is 5.33. The average molecular weight is 305 g/mol. The molecule has 118 valence electrons. The van der Waals surface area contributed by atoms with E-state index >= 15 is 0 Å². The number of amides is 1. The average Bonchev–Trinajstić information content (AvgIpc) is 3.04. The first-order chi connectivity index (χ1) is 10.6. The molecule has 1 aromatic carbocycles. The van der Waals surface area contributed by atoms with Crippen molar-refractivity contribution in [3.8, 4) is 0 Å². The Morgan fingerprint density at radius 1 is 1.36 bits per heavy atom. The van der Waals surface area contributed by atoms with Gasteiger partial charge in [-0.05, 0) is 42.7 Å². The molecule has 2 rings (SSSR count). The summed E-state index contributed by atoms with van der Waals surface area (Å²) in [5, 5.41) is 12.1. The molecule has 0 aliphatic heterocycles. The lowest BCUT2D eigenvalue weighted by Gasteiger charge is -2.17. The van der Waals surface area contributed by atoms with E-state index in [1.807, 2.05) is 13.0 Å². The number of nitrogens with one attached hydrogen (secondary N) is 1. The minimum atomic E-state index is -0.542. The van der Waals surface area contributed by atoms with E-state index < -0.39 is 6.04 Å². The summed E-state index contributed by atoms with van der Waals surface area (Å²) in [5.74, 6) is -0.153. The van der Waals surface area contributed by atoms with Crippen LogP contribution in [0.4, 0.5) is 4.39 Å². The number of furan rings is 1. The molecule has 5 heteroatoms. The van der Waals surface area contributed by atoms with Crippen LogP contribution in [0.1, 0.15) is 30.7 Å². The van der Waals surface area contributed by atoms with E-state index in [4.69, 9.17) is 4.42 Å². The zero-order valence-corrected chi connectivity index (χ0v) is 12.5. The van der Waals surface area contributed by atoms with Crippen molar-refractivity contribution in [3.63, 3.8) is 0 Å². The fourth-order valence-electron chi connectivity index (χ4n) is 2.22. The standard InChI is InChI=1S/C17H20FNO3/c1-12(7-8-13-4-2-5-14(18)10-13)17(21)19-15(11-20)16-6-3-9-22-16/h2-6,9-10,12,15,20H,7-8,11H2,1H3,(H,19,21). The van der Waals surface area contributed by atoms with E-state index in [1.54, 1.807) is 18.2 Å². The Hall–Kier alpha value is -2.14. The van der Waals surface area contributed by atoms with Gasteiger partial charge in [-0.25, -0.2) is 4.39 Å². The molecule has 0 radical (unpaired) electrons. The molecule has 2 atom stereocenters.